The number of hydrogen-bond acceptors (Lipinski definition) is 3. The topological polar surface area (TPSA) is 9.23 Å². The molecule has 0 N–H and O–H groups in total. The minimum atomic E-state index is 1.01. The maximum Gasteiger partial charge on any atom is 0.188 e. The van der Waals surface area contributed by atoms with Crippen LogP contribution in [0.1, 0.15) is 0 Å². The Morgan fingerprint density at radius 1 is 1.43 bits per heavy atom. The molecule has 0 bridgehead atoms. The predicted molar refractivity (Wildman–Crippen MR) is 72.9 cm³/mol. The van der Waals surface area contributed by atoms with E-state index in [4.69, 9.17) is 4.74 Å². The number of fused-ring (bicyclic) bond motifs is 1. The number of ether oxygens (including phenoxy) is 1. The zero-order valence-corrected chi connectivity index (χ0v) is 11.6. The van der Waals surface area contributed by atoms with Gasteiger partial charge in [-0.05, 0) is 47.0 Å². The van der Waals surface area contributed by atoms with E-state index in [1.807, 2.05) is 0 Å². The van der Waals surface area contributed by atoms with Crippen molar-refractivity contribution in [2.24, 2.45) is 0 Å². The van der Waals surface area contributed by atoms with Gasteiger partial charge in [0.2, 0.25) is 0 Å². The third-order valence-corrected chi connectivity index (χ3v) is 5.28. The quantitative estimate of drug-likeness (QED) is 0.599. The lowest BCUT2D eigenvalue weighted by molar-refractivity contribution is 0.425. The van der Waals surface area contributed by atoms with Crippen LogP contribution in [0.25, 0.3) is 10.1 Å². The molecule has 0 aliphatic carbocycles. The molecule has 4 heteroatoms. The number of rotatable bonds is 2. The van der Waals surface area contributed by atoms with Crippen molar-refractivity contribution in [2.45, 2.75) is 4.90 Å². The van der Waals surface area contributed by atoms with E-state index < -0.39 is 0 Å². The van der Waals surface area contributed by atoms with Crippen LogP contribution in [-0.2, 0) is 0 Å². The van der Waals surface area contributed by atoms with Crippen molar-refractivity contribution < 1.29 is 4.74 Å². The molecule has 0 spiro atoms. The summed E-state index contributed by atoms with van der Waals surface area (Å²) in [5.41, 5.74) is 0. The zero-order chi connectivity index (χ0) is 10.1. The van der Waals surface area contributed by atoms with Crippen molar-refractivity contribution in [1.29, 1.82) is 0 Å². The van der Waals surface area contributed by atoms with Gasteiger partial charge in [0, 0.05) is 15.0 Å². The average Bonchev–Trinajstić information content (AvgIpc) is 2.55. The molecule has 0 unspecified atom stereocenters. The van der Waals surface area contributed by atoms with Crippen molar-refractivity contribution in [2.75, 3.05) is 13.4 Å². The number of halogens is 1. The minimum Gasteiger partial charge on any atom is -0.486 e. The smallest absolute Gasteiger partial charge is 0.188 e. The fourth-order valence-electron chi connectivity index (χ4n) is 1.28. The van der Waals surface area contributed by atoms with Crippen LogP contribution in [0.15, 0.2) is 23.1 Å². The molecule has 1 aromatic heterocycles. The van der Waals surface area contributed by atoms with Gasteiger partial charge in [-0.25, -0.2) is 0 Å². The lowest BCUT2D eigenvalue weighted by Gasteiger charge is -1.96. The zero-order valence-electron chi connectivity index (χ0n) is 7.83. The summed E-state index contributed by atoms with van der Waals surface area (Å²) in [7, 11) is 1.72. The number of thiophene rings is 1. The van der Waals surface area contributed by atoms with Crippen molar-refractivity contribution in [3.8, 4) is 5.06 Å². The first-order chi connectivity index (χ1) is 6.76. The molecule has 2 rings (SSSR count). The van der Waals surface area contributed by atoms with E-state index in [0.717, 1.165) is 5.06 Å². The Hall–Kier alpha value is 0.0600. The van der Waals surface area contributed by atoms with Crippen molar-refractivity contribution >= 4 is 55.8 Å². The summed E-state index contributed by atoms with van der Waals surface area (Å²) in [6, 6.07) is 6.54. The highest BCUT2D eigenvalue weighted by atomic mass is 127. The Balaban J connectivity index is 2.68. The second-order valence-electron chi connectivity index (χ2n) is 2.77. The summed E-state index contributed by atoms with van der Waals surface area (Å²) in [5.74, 6) is 0. The largest absolute Gasteiger partial charge is 0.486 e. The molecule has 1 aromatic carbocycles. The molecule has 0 atom stereocenters. The first-order valence-corrected chi connectivity index (χ1v) is 7.18. The van der Waals surface area contributed by atoms with E-state index in [-0.39, 0.29) is 0 Å². The van der Waals surface area contributed by atoms with Crippen molar-refractivity contribution in [3.63, 3.8) is 0 Å². The van der Waals surface area contributed by atoms with Gasteiger partial charge in [-0.1, -0.05) is 11.3 Å². The molecule has 1 nitrogen and oxygen atoms in total. The van der Waals surface area contributed by atoms with Gasteiger partial charge in [0.25, 0.3) is 0 Å². The lowest BCUT2D eigenvalue weighted by atomic mass is 10.3. The van der Waals surface area contributed by atoms with E-state index in [9.17, 15) is 0 Å². The summed E-state index contributed by atoms with van der Waals surface area (Å²) >= 11 is 5.82. The molecular formula is C10H9IOS2. The van der Waals surface area contributed by atoms with E-state index in [0.29, 0.717) is 0 Å². The van der Waals surface area contributed by atoms with Crippen molar-refractivity contribution in [3.05, 3.63) is 21.8 Å². The summed E-state index contributed by atoms with van der Waals surface area (Å²) in [5, 5.41) is 2.32. The Bertz CT molecular complexity index is 464. The summed E-state index contributed by atoms with van der Waals surface area (Å²) in [4.78, 5) is 1.30. The van der Waals surface area contributed by atoms with Crippen LogP contribution in [0, 0.1) is 3.57 Å². The summed E-state index contributed by atoms with van der Waals surface area (Å²) in [6.07, 6.45) is 2.09. The Kier molecular flexibility index (Phi) is 3.23. The predicted octanol–water partition coefficient (Wildman–Crippen LogP) is 4.24. The maximum atomic E-state index is 5.31. The molecule has 14 heavy (non-hydrogen) atoms. The SMILES string of the molecule is COc1sc2ccc(SC)cc2c1I. The first kappa shape index (κ1) is 10.6. The van der Waals surface area contributed by atoms with E-state index in [1.54, 1.807) is 30.2 Å². The second kappa shape index (κ2) is 4.28. The average molecular weight is 336 g/mol. The molecule has 0 saturated carbocycles. The Labute approximate surface area is 105 Å². The van der Waals surface area contributed by atoms with Gasteiger partial charge in [0.1, 0.15) is 0 Å². The second-order valence-corrected chi connectivity index (χ2v) is 5.74. The molecule has 1 heterocycles. The van der Waals surface area contributed by atoms with Crippen LogP contribution in [0.3, 0.4) is 0 Å². The van der Waals surface area contributed by atoms with Crippen LogP contribution < -0.4 is 4.74 Å². The molecule has 0 fully saturated rings. The molecular weight excluding hydrogens is 327 g/mol. The highest BCUT2D eigenvalue weighted by Crippen LogP contribution is 2.39. The third kappa shape index (κ3) is 1.75. The first-order valence-electron chi connectivity index (χ1n) is 4.06. The van der Waals surface area contributed by atoms with Crippen LogP contribution in [0.2, 0.25) is 0 Å². The number of hydrogen-bond donors (Lipinski definition) is 0. The molecule has 0 radical (unpaired) electrons. The van der Waals surface area contributed by atoms with E-state index in [1.165, 1.54) is 18.6 Å². The number of methoxy groups -OCH3 is 1. The molecule has 74 valence electrons. The van der Waals surface area contributed by atoms with Gasteiger partial charge in [-0.3, -0.25) is 0 Å². The highest BCUT2D eigenvalue weighted by molar-refractivity contribution is 14.1. The van der Waals surface area contributed by atoms with Gasteiger partial charge in [-0.15, -0.1) is 11.8 Å². The summed E-state index contributed by atoms with van der Waals surface area (Å²) in [6.45, 7) is 0. The molecule has 0 aliphatic rings. The maximum absolute atomic E-state index is 5.31. The van der Waals surface area contributed by atoms with Gasteiger partial charge >= 0.3 is 0 Å². The van der Waals surface area contributed by atoms with Gasteiger partial charge in [-0.2, -0.15) is 0 Å². The molecule has 2 aromatic rings. The molecule has 0 amide bonds. The van der Waals surface area contributed by atoms with Crippen LogP contribution in [0.4, 0.5) is 0 Å². The fourth-order valence-corrected chi connectivity index (χ4v) is 3.79. The van der Waals surface area contributed by atoms with Crippen LogP contribution >= 0.6 is 45.7 Å². The van der Waals surface area contributed by atoms with Gasteiger partial charge in [0.05, 0.1) is 10.7 Å². The third-order valence-electron chi connectivity index (χ3n) is 1.99. The minimum absolute atomic E-state index is 1.01. The number of benzene rings is 1. The molecule has 0 saturated heterocycles. The van der Waals surface area contributed by atoms with Gasteiger partial charge in [0.15, 0.2) is 5.06 Å². The van der Waals surface area contributed by atoms with Crippen LogP contribution in [0.5, 0.6) is 5.06 Å². The fraction of sp³-hybridized carbons (Fsp3) is 0.200. The van der Waals surface area contributed by atoms with Gasteiger partial charge < -0.3 is 4.74 Å². The van der Waals surface area contributed by atoms with E-state index in [2.05, 4.69) is 47.0 Å². The monoisotopic (exact) mass is 336 g/mol. The summed E-state index contributed by atoms with van der Waals surface area (Å²) < 4.78 is 7.83. The van der Waals surface area contributed by atoms with Crippen molar-refractivity contribution in [1.82, 2.24) is 0 Å². The lowest BCUT2D eigenvalue weighted by Crippen LogP contribution is -1.79. The van der Waals surface area contributed by atoms with Crippen LogP contribution in [-0.4, -0.2) is 13.4 Å². The highest BCUT2D eigenvalue weighted by Gasteiger charge is 2.09. The standard InChI is InChI=1S/C10H9IOS2/c1-12-10-9(11)7-5-6(13-2)3-4-8(7)14-10/h3-5H,1-2H3. The Morgan fingerprint density at radius 2 is 2.21 bits per heavy atom. The molecule has 0 aliphatic heterocycles. The van der Waals surface area contributed by atoms with E-state index >= 15 is 0 Å². The normalized spacial score (nSPS) is 10.8. The number of thioether (sulfide) groups is 1. The Morgan fingerprint density at radius 3 is 2.86 bits per heavy atom.